The van der Waals surface area contributed by atoms with E-state index in [0.29, 0.717) is 21.6 Å². The Morgan fingerprint density at radius 3 is 2.70 bits per heavy atom. The molecule has 0 saturated carbocycles. The van der Waals surface area contributed by atoms with Gasteiger partial charge in [-0.1, -0.05) is 18.5 Å². The third-order valence-electron chi connectivity index (χ3n) is 2.64. The van der Waals surface area contributed by atoms with Gasteiger partial charge in [0.05, 0.1) is 11.4 Å². The third kappa shape index (κ3) is 6.92. The summed E-state index contributed by atoms with van der Waals surface area (Å²) in [7, 11) is -3.33. The summed E-state index contributed by atoms with van der Waals surface area (Å²) < 4.78 is 27.1. The lowest BCUT2D eigenvalue weighted by molar-refractivity contribution is 0.590. The van der Waals surface area contributed by atoms with Crippen molar-refractivity contribution in [2.24, 2.45) is 0 Å². The van der Waals surface area contributed by atoms with Crippen molar-refractivity contribution in [2.45, 2.75) is 26.2 Å². The molecule has 0 fully saturated rings. The Labute approximate surface area is 134 Å². The number of halogens is 2. The van der Waals surface area contributed by atoms with Crippen LogP contribution in [0.5, 0.6) is 0 Å². The minimum Gasteiger partial charge on any atom is -0.317 e. The van der Waals surface area contributed by atoms with Gasteiger partial charge in [0.15, 0.2) is 0 Å². The van der Waals surface area contributed by atoms with Crippen molar-refractivity contribution in [3.8, 4) is 0 Å². The molecule has 1 aromatic rings. The average molecular weight is 384 g/mol. The molecule has 4 nitrogen and oxygen atoms in total. The maximum absolute atomic E-state index is 12.0. The highest BCUT2D eigenvalue weighted by Gasteiger charge is 2.12. The van der Waals surface area contributed by atoms with Crippen molar-refractivity contribution in [1.82, 2.24) is 5.32 Å². The predicted molar refractivity (Wildman–Crippen MR) is 89.0 cm³/mol. The molecular weight excluding hydrogens is 364 g/mol. The van der Waals surface area contributed by atoms with E-state index in [1.807, 2.05) is 0 Å². The van der Waals surface area contributed by atoms with Crippen LogP contribution in [0.15, 0.2) is 22.7 Å². The van der Waals surface area contributed by atoms with Crippen molar-refractivity contribution >= 4 is 43.2 Å². The molecule has 0 unspecified atom stereocenters. The molecule has 0 aromatic heterocycles. The van der Waals surface area contributed by atoms with E-state index in [4.69, 9.17) is 11.6 Å². The standard InChI is InChI=1S/C13H20BrClN2O2S/c1-2-7-16-8-3-4-9-20(18,19)17-13-10-11(15)5-6-12(13)14/h5-6,10,16-17H,2-4,7-9H2,1H3. The fourth-order valence-corrected chi connectivity index (χ4v) is 3.48. The zero-order chi connectivity index (χ0) is 15.0. The smallest absolute Gasteiger partial charge is 0.232 e. The number of unbranched alkanes of at least 4 members (excludes halogenated alkanes) is 1. The largest absolute Gasteiger partial charge is 0.317 e. The van der Waals surface area contributed by atoms with Crippen molar-refractivity contribution in [2.75, 3.05) is 23.6 Å². The molecule has 20 heavy (non-hydrogen) atoms. The second kappa shape index (κ2) is 8.87. The molecule has 0 saturated heterocycles. The normalized spacial score (nSPS) is 11.6. The lowest BCUT2D eigenvalue weighted by atomic mass is 10.3. The van der Waals surface area contributed by atoms with Crippen LogP contribution in [0.25, 0.3) is 0 Å². The Hall–Kier alpha value is -0.300. The van der Waals surface area contributed by atoms with E-state index < -0.39 is 10.0 Å². The molecule has 0 aliphatic carbocycles. The minimum absolute atomic E-state index is 0.111. The molecule has 0 heterocycles. The first-order valence-electron chi connectivity index (χ1n) is 6.61. The maximum Gasteiger partial charge on any atom is 0.232 e. The number of anilines is 1. The first kappa shape index (κ1) is 17.8. The van der Waals surface area contributed by atoms with Crippen molar-refractivity contribution in [1.29, 1.82) is 0 Å². The monoisotopic (exact) mass is 382 g/mol. The highest BCUT2D eigenvalue weighted by molar-refractivity contribution is 9.10. The van der Waals surface area contributed by atoms with E-state index in [1.54, 1.807) is 18.2 Å². The van der Waals surface area contributed by atoms with Crippen LogP contribution in [0.3, 0.4) is 0 Å². The first-order valence-corrected chi connectivity index (χ1v) is 9.43. The van der Waals surface area contributed by atoms with Crippen LogP contribution in [0, 0.1) is 0 Å². The van der Waals surface area contributed by atoms with Crippen LogP contribution in [-0.4, -0.2) is 27.3 Å². The number of sulfonamides is 1. The van der Waals surface area contributed by atoms with E-state index in [1.165, 1.54) is 0 Å². The molecule has 7 heteroatoms. The molecule has 1 aromatic carbocycles. The molecule has 0 aliphatic heterocycles. The van der Waals surface area contributed by atoms with Gasteiger partial charge in [0.2, 0.25) is 10.0 Å². The molecule has 2 N–H and O–H groups in total. The Balaban J connectivity index is 2.43. The Morgan fingerprint density at radius 2 is 2.00 bits per heavy atom. The Morgan fingerprint density at radius 1 is 1.25 bits per heavy atom. The van der Waals surface area contributed by atoms with Gasteiger partial charge in [0.1, 0.15) is 0 Å². The van der Waals surface area contributed by atoms with Gasteiger partial charge in [-0.25, -0.2) is 8.42 Å². The summed E-state index contributed by atoms with van der Waals surface area (Å²) in [6.45, 7) is 3.93. The molecule has 1 rings (SSSR count). The second-order valence-corrected chi connectivity index (χ2v) is 7.63. The van der Waals surface area contributed by atoms with Gasteiger partial charge in [-0.05, 0) is 66.5 Å². The van der Waals surface area contributed by atoms with Crippen LogP contribution >= 0.6 is 27.5 Å². The van der Waals surface area contributed by atoms with Crippen LogP contribution in [0.4, 0.5) is 5.69 Å². The SMILES string of the molecule is CCCNCCCCS(=O)(=O)Nc1cc(Cl)ccc1Br. The zero-order valence-electron chi connectivity index (χ0n) is 11.5. The topological polar surface area (TPSA) is 58.2 Å². The van der Waals surface area contributed by atoms with Gasteiger partial charge in [-0.2, -0.15) is 0 Å². The van der Waals surface area contributed by atoms with Crippen molar-refractivity contribution in [3.63, 3.8) is 0 Å². The fraction of sp³-hybridized carbons (Fsp3) is 0.538. The lowest BCUT2D eigenvalue weighted by Gasteiger charge is -2.10. The van der Waals surface area contributed by atoms with Gasteiger partial charge in [-0.3, -0.25) is 4.72 Å². The van der Waals surface area contributed by atoms with Crippen LogP contribution in [0.2, 0.25) is 5.02 Å². The Bertz CT molecular complexity index is 523. The molecule has 0 bridgehead atoms. The van der Waals surface area contributed by atoms with Crippen LogP contribution < -0.4 is 10.0 Å². The number of hydrogen-bond acceptors (Lipinski definition) is 3. The zero-order valence-corrected chi connectivity index (χ0v) is 14.6. The molecule has 0 aliphatic rings. The summed E-state index contributed by atoms with van der Waals surface area (Å²) in [5.41, 5.74) is 0.474. The molecule has 114 valence electrons. The summed E-state index contributed by atoms with van der Waals surface area (Å²) >= 11 is 9.15. The first-order chi connectivity index (χ1) is 9.44. The molecule has 0 amide bonds. The van der Waals surface area contributed by atoms with Gasteiger partial charge >= 0.3 is 0 Å². The van der Waals surface area contributed by atoms with Gasteiger partial charge < -0.3 is 5.32 Å². The summed E-state index contributed by atoms with van der Waals surface area (Å²) in [5, 5.41) is 3.74. The predicted octanol–water partition coefficient (Wildman–Crippen LogP) is 3.62. The average Bonchev–Trinajstić information content (AvgIpc) is 2.38. The molecular formula is C13H20BrClN2O2S. The quantitative estimate of drug-likeness (QED) is 0.640. The van der Waals surface area contributed by atoms with Crippen LogP contribution in [0.1, 0.15) is 26.2 Å². The third-order valence-corrected chi connectivity index (χ3v) is 4.92. The van der Waals surface area contributed by atoms with Crippen molar-refractivity contribution in [3.05, 3.63) is 27.7 Å². The number of nitrogens with one attached hydrogen (secondary N) is 2. The summed E-state index contributed by atoms with van der Waals surface area (Å²) in [5.74, 6) is 0.111. The van der Waals surface area contributed by atoms with E-state index in [0.717, 1.165) is 25.9 Å². The van der Waals surface area contributed by atoms with Crippen LogP contribution in [-0.2, 0) is 10.0 Å². The lowest BCUT2D eigenvalue weighted by Crippen LogP contribution is -2.20. The van der Waals surface area contributed by atoms with E-state index in [9.17, 15) is 8.42 Å². The summed E-state index contributed by atoms with van der Waals surface area (Å²) in [6, 6.07) is 5.00. The highest BCUT2D eigenvalue weighted by atomic mass is 79.9. The number of rotatable bonds is 9. The molecule has 0 radical (unpaired) electrons. The Kier molecular flexibility index (Phi) is 7.87. The maximum atomic E-state index is 12.0. The van der Waals surface area contributed by atoms with E-state index >= 15 is 0 Å². The number of hydrogen-bond donors (Lipinski definition) is 2. The summed E-state index contributed by atoms with van der Waals surface area (Å²) in [6.07, 6.45) is 2.56. The highest BCUT2D eigenvalue weighted by Crippen LogP contribution is 2.26. The van der Waals surface area contributed by atoms with E-state index in [-0.39, 0.29) is 5.75 Å². The second-order valence-electron chi connectivity index (χ2n) is 4.50. The van der Waals surface area contributed by atoms with Crippen molar-refractivity contribution < 1.29 is 8.42 Å². The van der Waals surface area contributed by atoms with Gasteiger partial charge in [-0.15, -0.1) is 0 Å². The van der Waals surface area contributed by atoms with Gasteiger partial charge in [0, 0.05) is 9.50 Å². The number of benzene rings is 1. The molecule has 0 atom stereocenters. The van der Waals surface area contributed by atoms with Gasteiger partial charge in [0.25, 0.3) is 0 Å². The minimum atomic E-state index is -3.33. The molecule has 0 spiro atoms. The van der Waals surface area contributed by atoms with E-state index in [2.05, 4.69) is 32.9 Å². The fourth-order valence-electron chi connectivity index (χ4n) is 1.64. The summed E-state index contributed by atoms with van der Waals surface area (Å²) in [4.78, 5) is 0.